The zero-order chi connectivity index (χ0) is 12.3. The third-order valence-electron chi connectivity index (χ3n) is 2.13. The molecule has 3 N–H and O–H groups in total. The molecule has 0 saturated heterocycles. The van der Waals surface area contributed by atoms with Crippen molar-refractivity contribution in [3.05, 3.63) is 34.5 Å². The molecule has 6 nitrogen and oxygen atoms in total. The molecule has 0 aliphatic rings. The first kappa shape index (κ1) is 11.6. The quantitative estimate of drug-likeness (QED) is 0.618. The smallest absolute Gasteiger partial charge is 0.251 e. The highest BCUT2D eigenvalue weighted by Crippen LogP contribution is 2.27. The summed E-state index contributed by atoms with van der Waals surface area (Å²) >= 11 is 1.27. The molecular weight excluding hydrogens is 238 g/mol. The van der Waals surface area contributed by atoms with Crippen LogP contribution in [0.1, 0.15) is 12.5 Å². The van der Waals surface area contributed by atoms with E-state index in [0.717, 1.165) is 12.0 Å². The SMILES string of the molecule is CCc1c(N)ncnc1Sc1nccc(=O)[nH]1. The van der Waals surface area contributed by atoms with Gasteiger partial charge in [-0.3, -0.25) is 4.79 Å². The van der Waals surface area contributed by atoms with E-state index in [0.29, 0.717) is 16.0 Å². The molecule has 88 valence electrons. The fourth-order valence-electron chi connectivity index (χ4n) is 1.32. The largest absolute Gasteiger partial charge is 0.383 e. The van der Waals surface area contributed by atoms with Gasteiger partial charge in [-0.2, -0.15) is 0 Å². The number of nitrogens with zero attached hydrogens (tertiary/aromatic N) is 3. The lowest BCUT2D eigenvalue weighted by atomic mass is 10.2. The minimum absolute atomic E-state index is 0.192. The fourth-order valence-corrected chi connectivity index (χ4v) is 2.24. The molecule has 0 radical (unpaired) electrons. The molecule has 0 unspecified atom stereocenters. The number of rotatable bonds is 3. The number of anilines is 1. The van der Waals surface area contributed by atoms with Crippen molar-refractivity contribution in [1.29, 1.82) is 0 Å². The Balaban J connectivity index is 2.36. The molecule has 2 heterocycles. The summed E-state index contributed by atoms with van der Waals surface area (Å²) in [6, 6.07) is 1.36. The van der Waals surface area contributed by atoms with E-state index in [1.165, 1.54) is 30.4 Å². The lowest BCUT2D eigenvalue weighted by Crippen LogP contribution is -2.06. The molecule has 0 spiro atoms. The lowest BCUT2D eigenvalue weighted by Gasteiger charge is -2.06. The third-order valence-corrected chi connectivity index (χ3v) is 3.08. The van der Waals surface area contributed by atoms with Crippen LogP contribution in [0.25, 0.3) is 0 Å². The summed E-state index contributed by atoms with van der Waals surface area (Å²) in [5, 5.41) is 1.21. The summed E-state index contributed by atoms with van der Waals surface area (Å²) in [5.41, 5.74) is 6.43. The van der Waals surface area contributed by atoms with E-state index in [2.05, 4.69) is 19.9 Å². The molecular formula is C10H11N5OS. The summed E-state index contributed by atoms with van der Waals surface area (Å²) in [5.74, 6) is 0.461. The highest BCUT2D eigenvalue weighted by atomic mass is 32.2. The van der Waals surface area contributed by atoms with Crippen molar-refractivity contribution in [2.75, 3.05) is 5.73 Å². The molecule has 0 fully saturated rings. The van der Waals surface area contributed by atoms with Gasteiger partial charge in [0.15, 0.2) is 5.16 Å². The summed E-state index contributed by atoms with van der Waals surface area (Å²) in [7, 11) is 0. The summed E-state index contributed by atoms with van der Waals surface area (Å²) in [6.07, 6.45) is 3.58. The van der Waals surface area contributed by atoms with Crippen molar-refractivity contribution in [1.82, 2.24) is 19.9 Å². The van der Waals surface area contributed by atoms with E-state index in [-0.39, 0.29) is 5.56 Å². The van der Waals surface area contributed by atoms with Crippen LogP contribution in [0.5, 0.6) is 0 Å². The number of aromatic amines is 1. The van der Waals surface area contributed by atoms with Gasteiger partial charge in [-0.25, -0.2) is 15.0 Å². The van der Waals surface area contributed by atoms with Crippen LogP contribution in [0, 0.1) is 0 Å². The van der Waals surface area contributed by atoms with E-state index in [1.54, 1.807) is 0 Å². The van der Waals surface area contributed by atoms with Crippen molar-refractivity contribution < 1.29 is 0 Å². The Morgan fingerprint density at radius 3 is 2.94 bits per heavy atom. The molecule has 0 atom stereocenters. The molecule has 2 rings (SSSR count). The minimum atomic E-state index is -0.192. The van der Waals surface area contributed by atoms with E-state index >= 15 is 0 Å². The Hall–Kier alpha value is -1.89. The van der Waals surface area contributed by atoms with Crippen molar-refractivity contribution in [3.8, 4) is 0 Å². The zero-order valence-corrected chi connectivity index (χ0v) is 9.99. The molecule has 0 aliphatic carbocycles. The van der Waals surface area contributed by atoms with Crippen LogP contribution in [0.15, 0.2) is 33.6 Å². The van der Waals surface area contributed by atoms with Crippen LogP contribution in [0.4, 0.5) is 5.82 Å². The van der Waals surface area contributed by atoms with Gasteiger partial charge in [0.2, 0.25) is 0 Å². The zero-order valence-electron chi connectivity index (χ0n) is 9.17. The second-order valence-corrected chi connectivity index (χ2v) is 4.21. The van der Waals surface area contributed by atoms with Crippen LogP contribution >= 0.6 is 11.8 Å². The number of nitrogens with one attached hydrogen (secondary N) is 1. The van der Waals surface area contributed by atoms with Gasteiger partial charge in [0.1, 0.15) is 17.2 Å². The summed E-state index contributed by atoms with van der Waals surface area (Å²) in [6.45, 7) is 1.97. The first-order valence-corrected chi connectivity index (χ1v) is 5.85. The Bertz CT molecular complexity index is 583. The Morgan fingerprint density at radius 1 is 1.41 bits per heavy atom. The van der Waals surface area contributed by atoms with Crippen LogP contribution in [-0.2, 0) is 6.42 Å². The Kier molecular flexibility index (Phi) is 3.38. The van der Waals surface area contributed by atoms with Gasteiger partial charge in [-0.1, -0.05) is 6.92 Å². The first-order valence-electron chi connectivity index (χ1n) is 5.03. The number of H-pyrrole nitrogens is 1. The second kappa shape index (κ2) is 4.96. The van der Waals surface area contributed by atoms with Gasteiger partial charge >= 0.3 is 0 Å². The molecule has 7 heteroatoms. The molecule has 2 aromatic heterocycles. The standard InChI is InChI=1S/C10H11N5OS/c1-2-6-8(11)13-5-14-9(6)17-10-12-4-3-7(16)15-10/h3-5H,2H2,1H3,(H2,11,13,14)(H,12,15,16). The minimum Gasteiger partial charge on any atom is -0.383 e. The predicted octanol–water partition coefficient (Wildman–Crippen LogP) is 0.856. The van der Waals surface area contributed by atoms with Crippen LogP contribution < -0.4 is 11.3 Å². The molecule has 2 aromatic rings. The van der Waals surface area contributed by atoms with Crippen molar-refractivity contribution >= 4 is 17.6 Å². The predicted molar refractivity (Wildman–Crippen MR) is 64.8 cm³/mol. The van der Waals surface area contributed by atoms with Crippen molar-refractivity contribution in [2.45, 2.75) is 23.5 Å². The van der Waals surface area contributed by atoms with E-state index in [9.17, 15) is 4.79 Å². The van der Waals surface area contributed by atoms with Gasteiger partial charge < -0.3 is 10.7 Å². The molecule has 0 bridgehead atoms. The van der Waals surface area contributed by atoms with Crippen molar-refractivity contribution in [3.63, 3.8) is 0 Å². The third kappa shape index (κ3) is 2.62. The molecule has 0 aromatic carbocycles. The lowest BCUT2D eigenvalue weighted by molar-refractivity contribution is 0.913. The normalized spacial score (nSPS) is 10.4. The van der Waals surface area contributed by atoms with Crippen LogP contribution in [0.3, 0.4) is 0 Å². The fraction of sp³-hybridized carbons (Fsp3) is 0.200. The summed E-state index contributed by atoms with van der Waals surface area (Å²) in [4.78, 5) is 25.9. The van der Waals surface area contributed by atoms with Gasteiger partial charge in [0, 0.05) is 17.8 Å². The average Bonchev–Trinajstić information content (AvgIpc) is 2.29. The topological polar surface area (TPSA) is 97.5 Å². The summed E-state index contributed by atoms with van der Waals surface area (Å²) < 4.78 is 0. The van der Waals surface area contributed by atoms with E-state index in [1.807, 2.05) is 6.92 Å². The average molecular weight is 249 g/mol. The van der Waals surface area contributed by atoms with Gasteiger partial charge in [0.25, 0.3) is 5.56 Å². The highest BCUT2D eigenvalue weighted by molar-refractivity contribution is 7.99. The maximum atomic E-state index is 11.1. The Morgan fingerprint density at radius 2 is 2.24 bits per heavy atom. The maximum Gasteiger partial charge on any atom is 0.251 e. The molecule has 0 amide bonds. The molecule has 0 aliphatic heterocycles. The Labute approximate surface area is 102 Å². The highest BCUT2D eigenvalue weighted by Gasteiger charge is 2.09. The van der Waals surface area contributed by atoms with Gasteiger partial charge in [-0.05, 0) is 18.2 Å². The van der Waals surface area contributed by atoms with Gasteiger partial charge in [0.05, 0.1) is 0 Å². The molecule has 17 heavy (non-hydrogen) atoms. The number of nitrogen functional groups attached to an aromatic ring is 1. The van der Waals surface area contributed by atoms with Crippen LogP contribution in [0.2, 0.25) is 0 Å². The van der Waals surface area contributed by atoms with Gasteiger partial charge in [-0.15, -0.1) is 0 Å². The molecule has 0 saturated carbocycles. The number of aromatic nitrogens is 4. The van der Waals surface area contributed by atoms with E-state index in [4.69, 9.17) is 5.73 Å². The van der Waals surface area contributed by atoms with Crippen LogP contribution in [-0.4, -0.2) is 19.9 Å². The number of hydrogen-bond donors (Lipinski definition) is 2. The second-order valence-electron chi connectivity index (χ2n) is 3.24. The van der Waals surface area contributed by atoms with E-state index < -0.39 is 0 Å². The number of hydrogen-bond acceptors (Lipinski definition) is 6. The monoisotopic (exact) mass is 249 g/mol. The number of nitrogens with two attached hydrogens (primary N) is 1. The van der Waals surface area contributed by atoms with Crippen molar-refractivity contribution in [2.24, 2.45) is 0 Å². The maximum absolute atomic E-state index is 11.1. The first-order chi connectivity index (χ1) is 8.20.